The highest BCUT2D eigenvalue weighted by atomic mass is 16.6. The SMILES string of the molecule is CC(C)c1cc2c(cc1N)C(CO)CC(C)(C)N2CCOCCOCCOCCOCCOCCOCCOCCO. The van der Waals surface area contributed by atoms with Crippen molar-refractivity contribution in [1.29, 1.82) is 0 Å². The zero-order valence-electron chi connectivity index (χ0n) is 26.3. The molecule has 1 aliphatic heterocycles. The van der Waals surface area contributed by atoms with Gasteiger partial charge in [0.1, 0.15) is 0 Å². The molecule has 0 spiro atoms. The zero-order valence-corrected chi connectivity index (χ0v) is 26.3. The van der Waals surface area contributed by atoms with Crippen molar-refractivity contribution in [2.75, 3.05) is 123 Å². The van der Waals surface area contributed by atoms with Crippen LogP contribution in [0.1, 0.15) is 57.1 Å². The highest BCUT2D eigenvalue weighted by Gasteiger charge is 2.38. The summed E-state index contributed by atoms with van der Waals surface area (Å²) in [6.45, 7) is 16.6. The van der Waals surface area contributed by atoms with Gasteiger partial charge in [0.2, 0.25) is 0 Å². The van der Waals surface area contributed by atoms with Gasteiger partial charge in [-0.25, -0.2) is 0 Å². The number of aliphatic hydroxyl groups excluding tert-OH is 2. The predicted octanol–water partition coefficient (Wildman–Crippen LogP) is 2.57. The third-order valence-electron chi connectivity index (χ3n) is 7.21. The van der Waals surface area contributed by atoms with E-state index in [0.29, 0.717) is 98.4 Å². The number of hydrogen-bond donors (Lipinski definition) is 3. The lowest BCUT2D eigenvalue weighted by atomic mass is 9.78. The van der Waals surface area contributed by atoms with E-state index in [0.717, 1.165) is 35.5 Å². The monoisotopic (exact) mass is 600 g/mol. The van der Waals surface area contributed by atoms with Crippen LogP contribution in [0.5, 0.6) is 0 Å². The van der Waals surface area contributed by atoms with Gasteiger partial charge in [-0.3, -0.25) is 0 Å². The maximum atomic E-state index is 10.1. The van der Waals surface area contributed by atoms with E-state index in [9.17, 15) is 5.11 Å². The first-order valence-corrected chi connectivity index (χ1v) is 15.3. The van der Waals surface area contributed by atoms with Gasteiger partial charge in [0.05, 0.1) is 106 Å². The smallest absolute Gasteiger partial charge is 0.0701 e. The molecule has 0 bridgehead atoms. The number of anilines is 2. The molecule has 0 aliphatic carbocycles. The van der Waals surface area contributed by atoms with Crippen molar-refractivity contribution in [2.45, 2.75) is 51.5 Å². The highest BCUT2D eigenvalue weighted by Crippen LogP contribution is 2.45. The van der Waals surface area contributed by atoms with Crippen molar-refractivity contribution in [1.82, 2.24) is 0 Å². The van der Waals surface area contributed by atoms with Crippen LogP contribution in [0.4, 0.5) is 11.4 Å². The van der Waals surface area contributed by atoms with Crippen molar-refractivity contribution in [3.05, 3.63) is 23.3 Å². The number of fused-ring (bicyclic) bond motifs is 1. The summed E-state index contributed by atoms with van der Waals surface area (Å²) in [7, 11) is 0. The van der Waals surface area contributed by atoms with Crippen molar-refractivity contribution in [2.24, 2.45) is 0 Å². The first-order chi connectivity index (χ1) is 20.3. The van der Waals surface area contributed by atoms with Crippen molar-refractivity contribution < 1.29 is 43.4 Å². The normalized spacial score (nSPS) is 16.4. The Bertz CT molecular complexity index is 841. The molecule has 42 heavy (non-hydrogen) atoms. The first-order valence-electron chi connectivity index (χ1n) is 15.3. The summed E-state index contributed by atoms with van der Waals surface area (Å²) in [6, 6.07) is 4.27. The lowest BCUT2D eigenvalue weighted by Crippen LogP contribution is -2.50. The molecule has 0 saturated heterocycles. The van der Waals surface area contributed by atoms with Crippen LogP contribution < -0.4 is 10.6 Å². The molecule has 1 aromatic rings. The summed E-state index contributed by atoms with van der Waals surface area (Å²) in [6.07, 6.45) is 0.860. The quantitative estimate of drug-likeness (QED) is 0.113. The molecule has 1 aliphatic rings. The Labute approximate surface area is 252 Å². The zero-order chi connectivity index (χ0) is 30.6. The standard InChI is InChI=1S/C31H56N2O9/c1-25(2)27-22-30-28(21-29(27)32)26(24-35)23-31(3,4)33(30)5-7-36-9-11-38-13-15-40-17-19-42-20-18-41-16-14-39-12-10-37-8-6-34/h21-22,25-26,34-35H,5-20,23-24,32H2,1-4H3. The number of ether oxygens (including phenoxy) is 7. The van der Waals surface area contributed by atoms with Crippen LogP contribution in [-0.4, -0.2) is 128 Å². The van der Waals surface area contributed by atoms with Gasteiger partial charge in [-0.2, -0.15) is 0 Å². The van der Waals surface area contributed by atoms with Crippen molar-refractivity contribution >= 4 is 11.4 Å². The number of aliphatic hydroxyl groups is 2. The summed E-state index contributed by atoms with van der Waals surface area (Å²) in [5.41, 5.74) is 10.5. The second-order valence-electron chi connectivity index (χ2n) is 11.3. The molecular weight excluding hydrogens is 544 g/mol. The molecule has 1 atom stereocenters. The number of nitrogens with zero attached hydrogens (tertiary/aromatic N) is 1. The topological polar surface area (TPSA) is 134 Å². The predicted molar refractivity (Wildman–Crippen MR) is 164 cm³/mol. The van der Waals surface area contributed by atoms with Crippen LogP contribution in [-0.2, 0) is 33.2 Å². The minimum absolute atomic E-state index is 0.0256. The second kappa shape index (κ2) is 21.2. The van der Waals surface area contributed by atoms with Crippen LogP contribution >= 0.6 is 0 Å². The fraction of sp³-hybridized carbons (Fsp3) is 0.806. The van der Waals surface area contributed by atoms with E-state index >= 15 is 0 Å². The molecule has 11 nitrogen and oxygen atoms in total. The minimum Gasteiger partial charge on any atom is -0.398 e. The van der Waals surface area contributed by atoms with E-state index in [4.69, 9.17) is 44.0 Å². The van der Waals surface area contributed by atoms with Crippen molar-refractivity contribution in [3.63, 3.8) is 0 Å². The molecular formula is C31H56N2O9. The fourth-order valence-corrected chi connectivity index (χ4v) is 5.08. The highest BCUT2D eigenvalue weighted by molar-refractivity contribution is 5.68. The lowest BCUT2D eigenvalue weighted by Gasteiger charge is -2.48. The fourth-order valence-electron chi connectivity index (χ4n) is 5.08. The van der Waals surface area contributed by atoms with Gasteiger partial charge in [-0.05, 0) is 49.4 Å². The van der Waals surface area contributed by atoms with Gasteiger partial charge >= 0.3 is 0 Å². The van der Waals surface area contributed by atoms with E-state index in [1.54, 1.807) is 0 Å². The van der Waals surface area contributed by atoms with E-state index in [2.05, 4.69) is 44.7 Å². The van der Waals surface area contributed by atoms with Gasteiger partial charge in [-0.15, -0.1) is 0 Å². The molecule has 4 N–H and O–H groups in total. The molecule has 0 aromatic heterocycles. The van der Waals surface area contributed by atoms with Crippen LogP contribution in [0.2, 0.25) is 0 Å². The number of nitrogen functional groups attached to an aromatic ring is 1. The molecule has 2 rings (SSSR count). The molecule has 244 valence electrons. The second-order valence-corrected chi connectivity index (χ2v) is 11.3. The molecule has 1 heterocycles. The average molecular weight is 601 g/mol. The van der Waals surface area contributed by atoms with Gasteiger partial charge in [0.25, 0.3) is 0 Å². The minimum atomic E-state index is -0.106. The van der Waals surface area contributed by atoms with Gasteiger partial charge in [0.15, 0.2) is 0 Å². The number of hydrogen-bond acceptors (Lipinski definition) is 11. The maximum absolute atomic E-state index is 10.1. The van der Waals surface area contributed by atoms with E-state index < -0.39 is 0 Å². The Morgan fingerprint density at radius 2 is 1.17 bits per heavy atom. The van der Waals surface area contributed by atoms with Crippen LogP contribution in [0, 0.1) is 0 Å². The third kappa shape index (κ3) is 13.4. The summed E-state index contributed by atoms with van der Waals surface area (Å²) < 4.78 is 38.4. The molecule has 11 heteroatoms. The van der Waals surface area contributed by atoms with Crippen molar-refractivity contribution in [3.8, 4) is 0 Å². The molecule has 1 aromatic carbocycles. The molecule has 0 amide bonds. The molecule has 1 unspecified atom stereocenters. The Morgan fingerprint density at radius 3 is 1.57 bits per heavy atom. The molecule has 0 radical (unpaired) electrons. The van der Waals surface area contributed by atoms with Crippen LogP contribution in [0.15, 0.2) is 12.1 Å². The molecule has 0 fully saturated rings. The Kier molecular flexibility index (Phi) is 18.5. The Hall–Kier alpha value is -1.54. The van der Waals surface area contributed by atoms with E-state index in [-0.39, 0.29) is 24.7 Å². The van der Waals surface area contributed by atoms with E-state index in [1.807, 2.05) is 0 Å². The van der Waals surface area contributed by atoms with Gasteiger partial charge in [0, 0.05) is 29.4 Å². The van der Waals surface area contributed by atoms with E-state index in [1.165, 1.54) is 0 Å². The Morgan fingerprint density at radius 1 is 0.738 bits per heavy atom. The largest absolute Gasteiger partial charge is 0.398 e. The first kappa shape index (κ1) is 36.7. The number of nitrogens with two attached hydrogens (primary N) is 1. The third-order valence-corrected chi connectivity index (χ3v) is 7.21. The van der Waals surface area contributed by atoms with Gasteiger partial charge in [-0.1, -0.05) is 13.8 Å². The van der Waals surface area contributed by atoms with Crippen LogP contribution in [0.3, 0.4) is 0 Å². The van der Waals surface area contributed by atoms with Crippen LogP contribution in [0.25, 0.3) is 0 Å². The molecule has 0 saturated carbocycles. The number of rotatable bonds is 25. The summed E-state index contributed by atoms with van der Waals surface area (Å²) >= 11 is 0. The maximum Gasteiger partial charge on any atom is 0.0701 e. The average Bonchev–Trinajstić information content (AvgIpc) is 2.96. The number of benzene rings is 1. The van der Waals surface area contributed by atoms with Gasteiger partial charge < -0.3 is 54.0 Å². The summed E-state index contributed by atoms with van der Waals surface area (Å²) in [5.74, 6) is 0.407. The summed E-state index contributed by atoms with van der Waals surface area (Å²) in [4.78, 5) is 2.40. The Balaban J connectivity index is 1.49. The lowest BCUT2D eigenvalue weighted by molar-refractivity contribution is -0.0213. The summed E-state index contributed by atoms with van der Waals surface area (Å²) in [5, 5.41) is 18.7.